The van der Waals surface area contributed by atoms with Crippen molar-refractivity contribution < 1.29 is 18.4 Å². The fraction of sp³-hybridized carbons (Fsp3) is 0.182. The number of urea groups is 1. The Labute approximate surface area is 166 Å². The average Bonchev–Trinajstić information content (AvgIpc) is 3.13. The summed E-state index contributed by atoms with van der Waals surface area (Å²) in [6.45, 7) is 2.07. The second-order valence-corrected chi connectivity index (χ2v) is 6.76. The third kappa shape index (κ3) is 3.85. The minimum atomic E-state index is -0.398. The van der Waals surface area contributed by atoms with Crippen LogP contribution in [-0.2, 0) is 6.54 Å². The SMILES string of the molecule is COc1cc(C(C)NC(=O)NCc2noc3cc(F)ccc23)cc2ccccc12. The number of rotatable bonds is 5. The van der Waals surface area contributed by atoms with E-state index in [9.17, 15) is 9.18 Å². The maximum Gasteiger partial charge on any atom is 0.315 e. The van der Waals surface area contributed by atoms with Crippen molar-refractivity contribution >= 4 is 27.8 Å². The number of benzene rings is 3. The number of carbonyl (C=O) groups excluding carboxylic acids is 1. The molecule has 0 spiro atoms. The van der Waals surface area contributed by atoms with E-state index in [1.165, 1.54) is 12.1 Å². The van der Waals surface area contributed by atoms with E-state index in [2.05, 4.69) is 15.8 Å². The van der Waals surface area contributed by atoms with Gasteiger partial charge in [-0.2, -0.15) is 0 Å². The topological polar surface area (TPSA) is 76.4 Å². The van der Waals surface area contributed by atoms with E-state index in [0.29, 0.717) is 16.7 Å². The molecule has 0 aliphatic heterocycles. The smallest absolute Gasteiger partial charge is 0.315 e. The molecule has 0 bridgehead atoms. The zero-order valence-electron chi connectivity index (χ0n) is 16.0. The molecule has 2 N–H and O–H groups in total. The second-order valence-electron chi connectivity index (χ2n) is 6.76. The first kappa shape index (κ1) is 18.7. The molecule has 29 heavy (non-hydrogen) atoms. The van der Waals surface area contributed by atoms with Gasteiger partial charge in [0.1, 0.15) is 17.3 Å². The van der Waals surface area contributed by atoms with Gasteiger partial charge in [-0.1, -0.05) is 29.4 Å². The molecule has 1 heterocycles. The van der Waals surface area contributed by atoms with Gasteiger partial charge >= 0.3 is 6.03 Å². The van der Waals surface area contributed by atoms with Gasteiger partial charge in [-0.25, -0.2) is 9.18 Å². The first-order chi connectivity index (χ1) is 14.0. The van der Waals surface area contributed by atoms with Gasteiger partial charge in [0.05, 0.1) is 19.7 Å². The van der Waals surface area contributed by atoms with Crippen molar-refractivity contribution in [1.29, 1.82) is 0 Å². The molecule has 0 saturated carbocycles. The van der Waals surface area contributed by atoms with E-state index in [1.807, 2.05) is 43.3 Å². The number of methoxy groups -OCH3 is 1. The summed E-state index contributed by atoms with van der Waals surface area (Å²) in [6.07, 6.45) is 0. The van der Waals surface area contributed by atoms with Gasteiger partial charge in [0, 0.05) is 16.8 Å². The van der Waals surface area contributed by atoms with Crippen LogP contribution in [0.5, 0.6) is 5.75 Å². The van der Waals surface area contributed by atoms with Crippen molar-refractivity contribution in [3.8, 4) is 5.75 Å². The number of amides is 2. The molecule has 4 rings (SSSR count). The van der Waals surface area contributed by atoms with Crippen LogP contribution in [0.15, 0.2) is 59.1 Å². The van der Waals surface area contributed by atoms with E-state index in [1.54, 1.807) is 13.2 Å². The number of ether oxygens (including phenoxy) is 1. The molecule has 2 amide bonds. The number of fused-ring (bicyclic) bond motifs is 2. The Morgan fingerprint density at radius 1 is 1.17 bits per heavy atom. The fourth-order valence-corrected chi connectivity index (χ4v) is 3.30. The number of nitrogens with zero attached hydrogens (tertiary/aromatic N) is 1. The lowest BCUT2D eigenvalue weighted by molar-refractivity contribution is 0.237. The Hall–Kier alpha value is -3.61. The lowest BCUT2D eigenvalue weighted by Crippen LogP contribution is -2.36. The molecule has 0 saturated heterocycles. The Morgan fingerprint density at radius 2 is 2.00 bits per heavy atom. The van der Waals surface area contributed by atoms with Crippen LogP contribution in [-0.4, -0.2) is 18.3 Å². The maximum absolute atomic E-state index is 13.2. The van der Waals surface area contributed by atoms with Crippen LogP contribution < -0.4 is 15.4 Å². The highest BCUT2D eigenvalue weighted by atomic mass is 19.1. The van der Waals surface area contributed by atoms with Crippen LogP contribution in [0.25, 0.3) is 21.7 Å². The maximum atomic E-state index is 13.2. The van der Waals surface area contributed by atoms with Crippen molar-refractivity contribution in [2.45, 2.75) is 19.5 Å². The van der Waals surface area contributed by atoms with Gasteiger partial charge < -0.3 is 19.9 Å². The molecule has 1 unspecified atom stereocenters. The fourth-order valence-electron chi connectivity index (χ4n) is 3.30. The van der Waals surface area contributed by atoms with E-state index in [4.69, 9.17) is 9.26 Å². The second kappa shape index (κ2) is 7.79. The molecule has 1 aromatic heterocycles. The third-order valence-corrected chi connectivity index (χ3v) is 4.84. The normalized spacial score (nSPS) is 12.1. The summed E-state index contributed by atoms with van der Waals surface area (Å²) in [5.74, 6) is 0.360. The summed E-state index contributed by atoms with van der Waals surface area (Å²) in [5, 5.41) is 12.3. The number of nitrogens with one attached hydrogen (secondary N) is 2. The average molecular weight is 393 g/mol. The van der Waals surface area contributed by atoms with Gasteiger partial charge in [0.25, 0.3) is 0 Å². The molecule has 3 aromatic carbocycles. The Balaban J connectivity index is 1.44. The highest BCUT2D eigenvalue weighted by molar-refractivity contribution is 5.89. The zero-order chi connectivity index (χ0) is 20.4. The van der Waals surface area contributed by atoms with Gasteiger partial charge in [-0.15, -0.1) is 0 Å². The molecule has 0 fully saturated rings. The van der Waals surface area contributed by atoms with Crippen LogP contribution in [0, 0.1) is 5.82 Å². The predicted molar refractivity (Wildman–Crippen MR) is 108 cm³/mol. The van der Waals surface area contributed by atoms with E-state index in [0.717, 1.165) is 22.1 Å². The van der Waals surface area contributed by atoms with Crippen molar-refractivity contribution in [3.05, 3.63) is 71.7 Å². The highest BCUT2D eigenvalue weighted by Gasteiger charge is 2.14. The van der Waals surface area contributed by atoms with Crippen molar-refractivity contribution in [3.63, 3.8) is 0 Å². The molecule has 6 nitrogen and oxygen atoms in total. The van der Waals surface area contributed by atoms with Crippen LogP contribution in [0.3, 0.4) is 0 Å². The Kier molecular flexibility index (Phi) is 5.03. The summed E-state index contributed by atoms with van der Waals surface area (Å²) < 4.78 is 23.8. The number of hydrogen-bond acceptors (Lipinski definition) is 4. The number of hydrogen-bond donors (Lipinski definition) is 2. The zero-order valence-corrected chi connectivity index (χ0v) is 16.0. The molecule has 0 aliphatic carbocycles. The minimum Gasteiger partial charge on any atom is -0.496 e. The quantitative estimate of drug-likeness (QED) is 0.516. The van der Waals surface area contributed by atoms with Crippen molar-refractivity contribution in [1.82, 2.24) is 15.8 Å². The summed E-state index contributed by atoms with van der Waals surface area (Å²) in [4.78, 5) is 12.4. The van der Waals surface area contributed by atoms with Crippen LogP contribution >= 0.6 is 0 Å². The summed E-state index contributed by atoms with van der Waals surface area (Å²) >= 11 is 0. The Morgan fingerprint density at radius 3 is 2.83 bits per heavy atom. The number of carbonyl (C=O) groups is 1. The summed E-state index contributed by atoms with van der Waals surface area (Å²) in [6, 6.07) is 15.5. The van der Waals surface area contributed by atoms with Crippen LogP contribution in [0.1, 0.15) is 24.2 Å². The summed E-state index contributed by atoms with van der Waals surface area (Å²) in [5.41, 5.74) is 1.81. The predicted octanol–water partition coefficient (Wildman–Crippen LogP) is 4.69. The van der Waals surface area contributed by atoms with E-state index < -0.39 is 5.82 Å². The number of aromatic nitrogens is 1. The first-order valence-corrected chi connectivity index (χ1v) is 9.20. The van der Waals surface area contributed by atoms with Gasteiger partial charge in [-0.3, -0.25) is 0 Å². The van der Waals surface area contributed by atoms with Gasteiger partial charge in [0.15, 0.2) is 5.58 Å². The molecular formula is C22H20FN3O3. The monoisotopic (exact) mass is 393 g/mol. The first-order valence-electron chi connectivity index (χ1n) is 9.20. The molecule has 0 aliphatic rings. The van der Waals surface area contributed by atoms with E-state index >= 15 is 0 Å². The molecule has 4 aromatic rings. The van der Waals surface area contributed by atoms with Crippen LogP contribution in [0.2, 0.25) is 0 Å². The number of halogens is 1. The minimum absolute atomic E-state index is 0.165. The van der Waals surface area contributed by atoms with E-state index in [-0.39, 0.29) is 18.6 Å². The molecule has 148 valence electrons. The molecule has 1 atom stereocenters. The molecular weight excluding hydrogens is 373 g/mol. The highest BCUT2D eigenvalue weighted by Crippen LogP contribution is 2.29. The van der Waals surface area contributed by atoms with Crippen LogP contribution in [0.4, 0.5) is 9.18 Å². The standard InChI is InChI=1S/C22H20FN3O3/c1-13(15-9-14-5-3-4-6-17(14)20(10-15)28-2)25-22(27)24-12-19-18-8-7-16(23)11-21(18)29-26-19/h3-11,13H,12H2,1-2H3,(H2,24,25,27). The largest absolute Gasteiger partial charge is 0.496 e. The Bertz CT molecular complexity index is 1190. The van der Waals surface area contributed by atoms with Crippen molar-refractivity contribution in [2.75, 3.05) is 7.11 Å². The third-order valence-electron chi connectivity index (χ3n) is 4.84. The lowest BCUT2D eigenvalue weighted by Gasteiger charge is -2.17. The van der Waals surface area contributed by atoms with Gasteiger partial charge in [0.2, 0.25) is 0 Å². The van der Waals surface area contributed by atoms with Gasteiger partial charge in [-0.05, 0) is 42.1 Å². The summed E-state index contributed by atoms with van der Waals surface area (Å²) in [7, 11) is 1.63. The molecule has 0 radical (unpaired) electrons. The van der Waals surface area contributed by atoms with Crippen molar-refractivity contribution in [2.24, 2.45) is 0 Å². The molecule has 7 heteroatoms. The lowest BCUT2D eigenvalue weighted by atomic mass is 10.0.